The number of hydrogen-bond donors (Lipinski definition) is 1. The first-order valence-corrected chi connectivity index (χ1v) is 5.02. The quantitative estimate of drug-likeness (QED) is 0.774. The number of hydrogen-bond acceptors (Lipinski definition) is 2. The van der Waals surface area contributed by atoms with Crippen molar-refractivity contribution in [3.05, 3.63) is 35.4 Å². The maximum absolute atomic E-state index is 5.45. The Bertz CT molecular complexity index is 273. The molecule has 0 amide bonds. The minimum atomic E-state index is 0.211. The Morgan fingerprint density at radius 3 is 2.79 bits per heavy atom. The van der Waals surface area contributed by atoms with Crippen LogP contribution in [-0.2, 0) is 4.74 Å². The molecule has 1 aromatic rings. The Kier molecular flexibility index (Phi) is 4.63. The highest BCUT2D eigenvalue weighted by Gasteiger charge is 2.08. The normalized spacial score (nSPS) is 12.8. The monoisotopic (exact) mass is 193 g/mol. The zero-order valence-electron chi connectivity index (χ0n) is 9.21. The fourth-order valence-corrected chi connectivity index (χ4v) is 1.57. The van der Waals surface area contributed by atoms with Crippen molar-refractivity contribution in [3.8, 4) is 0 Å². The molecule has 1 N–H and O–H groups in total. The van der Waals surface area contributed by atoms with Crippen molar-refractivity contribution in [2.24, 2.45) is 0 Å². The van der Waals surface area contributed by atoms with Gasteiger partial charge in [0.1, 0.15) is 0 Å². The molecular formula is C12H19NO. The molecule has 2 heteroatoms. The van der Waals surface area contributed by atoms with Crippen molar-refractivity contribution >= 4 is 0 Å². The van der Waals surface area contributed by atoms with Gasteiger partial charge in [0.25, 0.3) is 0 Å². The summed E-state index contributed by atoms with van der Waals surface area (Å²) in [5.74, 6) is 0. The second-order valence-electron chi connectivity index (χ2n) is 3.53. The van der Waals surface area contributed by atoms with Gasteiger partial charge in [0.05, 0.1) is 6.10 Å². The van der Waals surface area contributed by atoms with Crippen molar-refractivity contribution in [3.63, 3.8) is 0 Å². The lowest BCUT2D eigenvalue weighted by molar-refractivity contribution is 0.0961. The molecule has 0 saturated heterocycles. The third kappa shape index (κ3) is 3.13. The van der Waals surface area contributed by atoms with Gasteiger partial charge in [0, 0.05) is 7.11 Å². The molecule has 0 saturated carbocycles. The van der Waals surface area contributed by atoms with E-state index in [0.29, 0.717) is 0 Å². The first kappa shape index (κ1) is 11.2. The van der Waals surface area contributed by atoms with Crippen LogP contribution in [0.15, 0.2) is 24.3 Å². The van der Waals surface area contributed by atoms with Gasteiger partial charge >= 0.3 is 0 Å². The molecular weight excluding hydrogens is 174 g/mol. The Morgan fingerprint density at radius 1 is 1.43 bits per heavy atom. The summed E-state index contributed by atoms with van der Waals surface area (Å²) in [7, 11) is 3.73. The number of nitrogens with one attached hydrogen (secondary N) is 1. The summed E-state index contributed by atoms with van der Waals surface area (Å²) in [6, 6.07) is 8.49. The zero-order chi connectivity index (χ0) is 10.4. The van der Waals surface area contributed by atoms with Gasteiger partial charge in [-0.15, -0.1) is 0 Å². The first-order valence-electron chi connectivity index (χ1n) is 5.02. The van der Waals surface area contributed by atoms with Gasteiger partial charge in [0.15, 0.2) is 0 Å². The molecule has 2 nitrogen and oxygen atoms in total. The van der Waals surface area contributed by atoms with Gasteiger partial charge in [-0.25, -0.2) is 0 Å². The van der Waals surface area contributed by atoms with Gasteiger partial charge < -0.3 is 10.1 Å². The molecule has 1 rings (SSSR count). The molecule has 0 aromatic heterocycles. The molecule has 0 radical (unpaired) electrons. The fraction of sp³-hybridized carbons (Fsp3) is 0.500. The smallest absolute Gasteiger partial charge is 0.0833 e. The van der Waals surface area contributed by atoms with E-state index in [4.69, 9.17) is 4.74 Å². The molecule has 0 aliphatic heterocycles. The number of methoxy groups -OCH3 is 1. The largest absolute Gasteiger partial charge is 0.377 e. The lowest BCUT2D eigenvalue weighted by atomic mass is 10.0. The standard InChI is InChI=1S/C12H19NO/c1-10-5-4-6-11(9-10)12(14-3)7-8-13-2/h4-6,9,12-13H,7-8H2,1-3H3. The lowest BCUT2D eigenvalue weighted by Crippen LogP contribution is -2.13. The predicted molar refractivity (Wildman–Crippen MR) is 59.5 cm³/mol. The first-order chi connectivity index (χ1) is 6.77. The SMILES string of the molecule is CNCCC(OC)c1cccc(C)c1. The molecule has 1 unspecified atom stereocenters. The molecule has 0 aliphatic rings. The van der Waals surface area contributed by atoms with Crippen LogP contribution >= 0.6 is 0 Å². The maximum Gasteiger partial charge on any atom is 0.0833 e. The van der Waals surface area contributed by atoms with Crippen molar-refractivity contribution in [2.75, 3.05) is 20.7 Å². The number of ether oxygens (including phenoxy) is 1. The molecule has 14 heavy (non-hydrogen) atoms. The Morgan fingerprint density at radius 2 is 2.21 bits per heavy atom. The van der Waals surface area contributed by atoms with Crippen molar-refractivity contribution in [2.45, 2.75) is 19.4 Å². The van der Waals surface area contributed by atoms with Gasteiger partial charge in [0.2, 0.25) is 0 Å². The summed E-state index contributed by atoms with van der Waals surface area (Å²) in [5.41, 5.74) is 2.55. The van der Waals surface area contributed by atoms with Crippen LogP contribution in [0.4, 0.5) is 0 Å². The topological polar surface area (TPSA) is 21.3 Å². The molecule has 78 valence electrons. The molecule has 1 aromatic carbocycles. The van der Waals surface area contributed by atoms with Crippen LogP contribution in [0.25, 0.3) is 0 Å². The van der Waals surface area contributed by atoms with E-state index in [2.05, 4.69) is 36.5 Å². The van der Waals surface area contributed by atoms with Crippen molar-refractivity contribution < 1.29 is 4.74 Å². The molecule has 0 bridgehead atoms. The molecule has 0 heterocycles. The number of aryl methyl sites for hydroxylation is 1. The van der Waals surface area contributed by atoms with E-state index in [9.17, 15) is 0 Å². The highest BCUT2D eigenvalue weighted by Crippen LogP contribution is 2.20. The Hall–Kier alpha value is -0.860. The number of benzene rings is 1. The average Bonchev–Trinajstić information content (AvgIpc) is 2.19. The van der Waals surface area contributed by atoms with Gasteiger partial charge in [-0.2, -0.15) is 0 Å². The molecule has 1 atom stereocenters. The van der Waals surface area contributed by atoms with E-state index in [-0.39, 0.29) is 6.10 Å². The highest BCUT2D eigenvalue weighted by molar-refractivity contribution is 5.24. The summed E-state index contributed by atoms with van der Waals surface area (Å²) < 4.78 is 5.45. The average molecular weight is 193 g/mol. The van der Waals surface area contributed by atoms with Crippen LogP contribution in [0.2, 0.25) is 0 Å². The van der Waals surface area contributed by atoms with Crippen LogP contribution in [0.5, 0.6) is 0 Å². The summed E-state index contributed by atoms with van der Waals surface area (Å²) in [5, 5.41) is 3.14. The van der Waals surface area contributed by atoms with E-state index in [1.807, 2.05) is 7.05 Å². The van der Waals surface area contributed by atoms with E-state index in [1.165, 1.54) is 11.1 Å². The molecule has 0 aliphatic carbocycles. The third-order valence-corrected chi connectivity index (χ3v) is 2.35. The predicted octanol–water partition coefficient (Wildman–Crippen LogP) is 2.29. The van der Waals surface area contributed by atoms with Crippen LogP contribution in [0.1, 0.15) is 23.7 Å². The van der Waals surface area contributed by atoms with Crippen LogP contribution < -0.4 is 5.32 Å². The lowest BCUT2D eigenvalue weighted by Gasteiger charge is -2.15. The summed E-state index contributed by atoms with van der Waals surface area (Å²) in [6.45, 7) is 3.08. The van der Waals surface area contributed by atoms with E-state index in [1.54, 1.807) is 7.11 Å². The van der Waals surface area contributed by atoms with Crippen molar-refractivity contribution in [1.29, 1.82) is 0 Å². The minimum absolute atomic E-state index is 0.211. The summed E-state index contributed by atoms with van der Waals surface area (Å²) >= 11 is 0. The Balaban J connectivity index is 2.68. The number of rotatable bonds is 5. The second kappa shape index (κ2) is 5.78. The van der Waals surface area contributed by atoms with Gasteiger partial charge in [-0.05, 0) is 32.5 Å². The zero-order valence-corrected chi connectivity index (χ0v) is 9.21. The highest BCUT2D eigenvalue weighted by atomic mass is 16.5. The van der Waals surface area contributed by atoms with Crippen LogP contribution in [0.3, 0.4) is 0 Å². The van der Waals surface area contributed by atoms with E-state index >= 15 is 0 Å². The summed E-state index contributed by atoms with van der Waals surface area (Å²) in [6.07, 6.45) is 1.22. The van der Waals surface area contributed by atoms with Crippen LogP contribution in [0, 0.1) is 6.92 Å². The van der Waals surface area contributed by atoms with Crippen LogP contribution in [-0.4, -0.2) is 20.7 Å². The second-order valence-corrected chi connectivity index (χ2v) is 3.53. The third-order valence-electron chi connectivity index (χ3n) is 2.35. The van der Waals surface area contributed by atoms with Crippen molar-refractivity contribution in [1.82, 2.24) is 5.32 Å². The van der Waals surface area contributed by atoms with E-state index < -0.39 is 0 Å². The van der Waals surface area contributed by atoms with E-state index in [0.717, 1.165) is 13.0 Å². The maximum atomic E-state index is 5.45. The molecule has 0 spiro atoms. The molecule has 0 fully saturated rings. The minimum Gasteiger partial charge on any atom is -0.377 e. The Labute approximate surface area is 86.3 Å². The fourth-order valence-electron chi connectivity index (χ4n) is 1.57. The van der Waals surface area contributed by atoms with Gasteiger partial charge in [-0.3, -0.25) is 0 Å². The van der Waals surface area contributed by atoms with Gasteiger partial charge in [-0.1, -0.05) is 29.8 Å². The summed E-state index contributed by atoms with van der Waals surface area (Å²) in [4.78, 5) is 0.